The van der Waals surface area contributed by atoms with Gasteiger partial charge >= 0.3 is 12.3 Å². The summed E-state index contributed by atoms with van der Waals surface area (Å²) in [6.45, 7) is 23.4. The highest BCUT2D eigenvalue weighted by atomic mass is 127. The largest absolute Gasteiger partial charge is 0.467 e. The molecule has 6 nitrogen and oxygen atoms in total. The zero-order valence-electron chi connectivity index (χ0n) is 26.3. The monoisotopic (exact) mass is 779 g/mol. The van der Waals surface area contributed by atoms with E-state index in [-0.39, 0.29) is 13.2 Å². The van der Waals surface area contributed by atoms with Crippen LogP contribution in [0.25, 0.3) is 0 Å². The number of aliphatic hydroxyl groups excluding tert-OH is 1. The molecule has 0 aliphatic carbocycles. The van der Waals surface area contributed by atoms with Crippen LogP contribution in [-0.4, -0.2) is 55.4 Å². The quantitative estimate of drug-likeness (QED) is 0.0622. The van der Waals surface area contributed by atoms with Crippen LogP contribution in [-0.2, 0) is 18.9 Å². The van der Waals surface area contributed by atoms with Gasteiger partial charge in [0.15, 0.2) is 0 Å². The molecule has 0 aromatic rings. The topological polar surface area (TPSA) is 80.9 Å². The lowest BCUT2D eigenvalue weighted by Crippen LogP contribution is -2.28. The molecule has 0 saturated carbocycles. The normalized spacial score (nSPS) is 9.07. The molecule has 0 unspecified atom stereocenters. The van der Waals surface area contributed by atoms with Gasteiger partial charge in [0.2, 0.25) is 0 Å². The van der Waals surface area contributed by atoms with E-state index in [2.05, 4.69) is 65.0 Å². The van der Waals surface area contributed by atoms with Crippen LogP contribution in [0.15, 0.2) is 99.5 Å². The van der Waals surface area contributed by atoms with Crippen molar-refractivity contribution in [3.05, 3.63) is 99.5 Å². The molecule has 0 rings (SSSR count). The molecule has 1 N–H and O–H groups in total. The molecule has 0 radical (unpaired) electrons. The van der Waals surface area contributed by atoms with E-state index in [1.54, 1.807) is 31.2 Å². The number of alkyl halides is 6. The maximum Gasteiger partial charge on any atom is 0.397 e. The predicted octanol–water partition coefficient (Wildman–Crippen LogP) is 10.5. The summed E-state index contributed by atoms with van der Waals surface area (Å²) < 4.78 is 110. The molecule has 0 amide bonds. The summed E-state index contributed by atoms with van der Waals surface area (Å²) in [4.78, 5) is 1.97. The fourth-order valence-corrected chi connectivity index (χ4v) is 1.18. The zero-order chi connectivity index (χ0) is 37.2. The zero-order valence-corrected chi connectivity index (χ0v) is 28.5. The predicted molar refractivity (Wildman–Crippen MR) is 173 cm³/mol. The molecule has 0 fully saturated rings. The Kier molecular flexibility index (Phi) is 61.2. The van der Waals surface area contributed by atoms with E-state index in [9.17, 15) is 35.1 Å². The Morgan fingerprint density at radius 1 is 0.733 bits per heavy atom. The minimum atomic E-state index is -4.93. The number of hydrogen-bond acceptors (Lipinski definition) is 6. The maximum atomic E-state index is 12.1. The molecule has 0 aromatic carbocycles. The summed E-state index contributed by atoms with van der Waals surface area (Å²) in [5.74, 6) is 0.518. The lowest BCUT2D eigenvalue weighted by Gasteiger charge is -2.17. The molecule has 0 aliphatic rings. The highest BCUT2D eigenvalue weighted by Crippen LogP contribution is 2.32. The number of ether oxygens (including phenoxy) is 4. The van der Waals surface area contributed by atoms with E-state index in [0.717, 1.165) is 12.2 Å². The number of rotatable bonds is 14. The van der Waals surface area contributed by atoms with Crippen LogP contribution in [0.5, 0.6) is 0 Å². The minimum Gasteiger partial charge on any atom is -0.467 e. The molecule has 0 aliphatic heterocycles. The lowest BCUT2D eigenvalue weighted by atomic mass is 10.4. The Hall–Kier alpha value is -3.10. The Labute approximate surface area is 276 Å². The lowest BCUT2D eigenvalue weighted by molar-refractivity contribution is -0.288. The second kappa shape index (κ2) is 47.8. The highest BCUT2D eigenvalue weighted by molar-refractivity contribution is 14.1. The number of allylic oxidation sites excluding steroid dienone is 3. The summed E-state index contributed by atoms with van der Waals surface area (Å²) >= 11 is 2.15. The van der Waals surface area contributed by atoms with E-state index < -0.39 is 37.4 Å². The summed E-state index contributed by atoms with van der Waals surface area (Å²) in [5, 5.41) is 15.1. The van der Waals surface area contributed by atoms with Crippen molar-refractivity contribution in [3.63, 3.8) is 0 Å². The first-order valence-electron chi connectivity index (χ1n) is 12.3. The van der Waals surface area contributed by atoms with Crippen molar-refractivity contribution in [2.24, 2.45) is 0 Å². The molecule has 0 heterocycles. The second-order valence-corrected chi connectivity index (χ2v) is 6.30. The van der Waals surface area contributed by atoms with Crippen molar-refractivity contribution in [1.82, 2.24) is 0 Å². The van der Waals surface area contributed by atoms with Crippen molar-refractivity contribution >= 4 is 22.6 Å². The first-order chi connectivity index (χ1) is 21.0. The number of halogens is 9. The highest BCUT2D eigenvalue weighted by Gasteiger charge is 2.44. The molecule has 15 heteroatoms. The van der Waals surface area contributed by atoms with E-state index in [4.69, 9.17) is 19.8 Å². The van der Waals surface area contributed by atoms with Crippen molar-refractivity contribution in [2.45, 2.75) is 46.4 Å². The molecule has 0 atom stereocenters. The average molecular weight is 780 g/mol. The van der Waals surface area contributed by atoms with Crippen LogP contribution in [0, 0.1) is 11.3 Å². The van der Waals surface area contributed by atoms with Crippen molar-refractivity contribution < 1.29 is 59.2 Å². The summed E-state index contributed by atoms with van der Waals surface area (Å²) in [6.07, 6.45) is -2.01. The summed E-state index contributed by atoms with van der Waals surface area (Å²) in [5.41, 5.74) is 0. The van der Waals surface area contributed by atoms with Gasteiger partial charge in [-0.15, -0.1) is 13.2 Å². The van der Waals surface area contributed by atoms with Crippen LogP contribution in [0.2, 0.25) is 0 Å². The van der Waals surface area contributed by atoms with Gasteiger partial charge in [-0.2, -0.15) is 40.4 Å². The van der Waals surface area contributed by atoms with Gasteiger partial charge < -0.3 is 24.1 Å². The first kappa shape index (κ1) is 57.5. The van der Waals surface area contributed by atoms with Crippen LogP contribution in [0.3, 0.4) is 0 Å². The Bertz CT molecular complexity index is 808. The fourth-order valence-electron chi connectivity index (χ4n) is 1.18. The van der Waals surface area contributed by atoms with E-state index >= 15 is 0 Å². The van der Waals surface area contributed by atoms with Gasteiger partial charge in [0.05, 0.1) is 19.3 Å². The Balaban J connectivity index is -0.0000000806. The molecule has 0 bridgehead atoms. The standard InChI is InChI=1S/C9H14O2.C6H7F5O.C6H9FO.C3H4F2.C3H6O.C2H3N.CH3I/c1-4-7-10-9(6-3)11-8-5-2;1-2-3-12-6(10,11)4-5(7,8)9;1-3-5-8-6(7)4-2;1-2-3(4)5;1-2-3-4;1-2-3;1-2/h4-6H,1-2,7-8H2,3H3;2H,1,3-4H2;3-4H,1,5H2,2H3;2H,1H3;2,4H,1,3H2;1H3;1H3. The molecule has 264 valence electrons. The van der Waals surface area contributed by atoms with E-state index in [1.165, 1.54) is 32.1 Å². The Morgan fingerprint density at radius 3 is 1.29 bits per heavy atom. The third-order valence-electron chi connectivity index (χ3n) is 2.65. The van der Waals surface area contributed by atoms with Gasteiger partial charge in [0, 0.05) is 6.92 Å². The van der Waals surface area contributed by atoms with Gasteiger partial charge in [-0.3, -0.25) is 0 Å². The fraction of sp³-hybridized carbons (Fsp3) is 0.433. The number of nitrogens with zero attached hydrogens (tertiary/aromatic N) is 1. The van der Waals surface area contributed by atoms with Crippen LogP contribution in [0.4, 0.5) is 35.1 Å². The van der Waals surface area contributed by atoms with Gasteiger partial charge in [0.1, 0.15) is 26.2 Å². The third kappa shape index (κ3) is 85.5. The van der Waals surface area contributed by atoms with Crippen molar-refractivity contribution in [2.75, 3.05) is 38.0 Å². The molecule has 0 spiro atoms. The molecular weight excluding hydrogens is 733 g/mol. The SMILES string of the molecule is C=CCO.C=CCOC(=CC)OCC=C.C=CCOC(F)(F)CC(F)(F)F.C=CCOC(F)=CC.CC#N.CC=C(F)F.CI. The molecular formula is C30H46F8INO5. The smallest absolute Gasteiger partial charge is 0.397 e. The number of aliphatic hydroxyl groups is 1. The Morgan fingerprint density at radius 2 is 1.07 bits per heavy atom. The number of nitriles is 1. The van der Waals surface area contributed by atoms with E-state index in [0.29, 0.717) is 19.2 Å². The summed E-state index contributed by atoms with van der Waals surface area (Å²) in [6, 6.07) is 1.20. The first-order valence-corrected chi connectivity index (χ1v) is 14.4. The minimum absolute atomic E-state index is 0.0833. The third-order valence-corrected chi connectivity index (χ3v) is 2.65. The molecule has 0 aromatic heterocycles. The number of hydrogen-bond donors (Lipinski definition) is 1. The molecule has 45 heavy (non-hydrogen) atoms. The van der Waals surface area contributed by atoms with Crippen molar-refractivity contribution in [3.8, 4) is 6.07 Å². The second-order valence-electron chi connectivity index (χ2n) is 6.30. The van der Waals surface area contributed by atoms with Gasteiger partial charge in [0.25, 0.3) is 18.0 Å². The van der Waals surface area contributed by atoms with Crippen LogP contribution >= 0.6 is 22.6 Å². The van der Waals surface area contributed by atoms with Gasteiger partial charge in [-0.1, -0.05) is 72.7 Å². The average Bonchev–Trinajstić information content (AvgIpc) is 3.00. The van der Waals surface area contributed by atoms with Gasteiger partial charge in [-0.05, 0) is 43.9 Å². The summed E-state index contributed by atoms with van der Waals surface area (Å²) in [7, 11) is 0. The maximum absolute atomic E-state index is 12.1. The van der Waals surface area contributed by atoms with Gasteiger partial charge in [-0.25, -0.2) is 0 Å². The molecule has 0 saturated heterocycles. The van der Waals surface area contributed by atoms with E-state index in [1.807, 2.05) is 11.9 Å². The van der Waals surface area contributed by atoms with Crippen LogP contribution in [0.1, 0.15) is 34.1 Å². The van der Waals surface area contributed by atoms with Crippen molar-refractivity contribution in [1.29, 1.82) is 5.26 Å². The van der Waals surface area contributed by atoms with Crippen LogP contribution < -0.4 is 0 Å².